The van der Waals surface area contributed by atoms with Crippen LogP contribution in [0.15, 0.2) is 231 Å². The molecule has 0 unspecified atom stereocenters. The third kappa shape index (κ3) is 7.74. The standard InChI is InChI=1S/C58H44N2O2/c1-59(49-29-17-7-18-30-49)57(61)47-37-33-45(34-38-47)55-51(41-21-9-3-10-22-41)53(43-25-13-5-14-26-43)56(54(44-27-15-6-16-28-44)52(55)42-23-11-4-12-24-42)46-35-39-48(40-36-46)58(62)60(2)50-31-19-8-20-32-50/h3-40H,1-2H3. The molecular formula is C58H44N2O2. The van der Waals surface area contributed by atoms with E-state index < -0.39 is 0 Å². The number of anilines is 2. The fraction of sp³-hybridized carbons (Fsp3) is 0.0345. The van der Waals surface area contributed by atoms with Crippen LogP contribution in [-0.2, 0) is 0 Å². The smallest absolute Gasteiger partial charge is 0.258 e. The Hall–Kier alpha value is -8.08. The number of carbonyl (C=O) groups excluding carboxylic acids is 2. The fourth-order valence-electron chi connectivity index (χ4n) is 8.39. The van der Waals surface area contributed by atoms with E-state index >= 15 is 0 Å². The minimum atomic E-state index is -0.0866. The minimum absolute atomic E-state index is 0.0866. The highest BCUT2D eigenvalue weighted by molar-refractivity contribution is 6.16. The fourth-order valence-corrected chi connectivity index (χ4v) is 8.39. The molecule has 298 valence electrons. The molecule has 9 rings (SSSR count). The zero-order valence-electron chi connectivity index (χ0n) is 34.7. The zero-order chi connectivity index (χ0) is 42.4. The van der Waals surface area contributed by atoms with Crippen molar-refractivity contribution >= 4 is 23.2 Å². The van der Waals surface area contributed by atoms with E-state index in [1.54, 1.807) is 9.80 Å². The van der Waals surface area contributed by atoms with E-state index in [4.69, 9.17) is 0 Å². The van der Waals surface area contributed by atoms with Crippen LogP contribution in [0, 0.1) is 0 Å². The van der Waals surface area contributed by atoms with Crippen molar-refractivity contribution in [3.05, 3.63) is 242 Å². The average molecular weight is 801 g/mol. The lowest BCUT2D eigenvalue weighted by Gasteiger charge is -2.29. The average Bonchev–Trinajstić information content (AvgIpc) is 3.36. The van der Waals surface area contributed by atoms with Crippen molar-refractivity contribution in [3.63, 3.8) is 0 Å². The molecule has 0 aliphatic carbocycles. The van der Waals surface area contributed by atoms with Crippen molar-refractivity contribution in [3.8, 4) is 66.8 Å². The summed E-state index contributed by atoms with van der Waals surface area (Å²) in [4.78, 5) is 31.2. The van der Waals surface area contributed by atoms with Crippen LogP contribution in [0.25, 0.3) is 66.8 Å². The van der Waals surface area contributed by atoms with Crippen LogP contribution in [0.1, 0.15) is 20.7 Å². The molecule has 0 aromatic heterocycles. The number of hydrogen-bond donors (Lipinski definition) is 0. The SMILES string of the molecule is CN(C(=O)c1ccc(-c2c(-c3ccccc3)c(-c3ccccc3)c(-c3ccc(C(=O)N(C)c4ccccc4)cc3)c(-c3ccccc3)c2-c2ccccc2)cc1)c1ccccc1. The lowest BCUT2D eigenvalue weighted by Crippen LogP contribution is -2.26. The van der Waals surface area contributed by atoms with Gasteiger partial charge in [0.15, 0.2) is 0 Å². The van der Waals surface area contributed by atoms with Gasteiger partial charge in [-0.15, -0.1) is 0 Å². The predicted octanol–water partition coefficient (Wildman–Crippen LogP) is 14.2. The normalized spacial score (nSPS) is 10.9. The zero-order valence-corrected chi connectivity index (χ0v) is 34.7. The Bertz CT molecular complexity index is 2640. The Morgan fingerprint density at radius 2 is 0.452 bits per heavy atom. The first-order valence-corrected chi connectivity index (χ1v) is 20.8. The summed E-state index contributed by atoms with van der Waals surface area (Å²) < 4.78 is 0. The molecule has 0 aliphatic heterocycles. The van der Waals surface area contributed by atoms with Gasteiger partial charge < -0.3 is 9.80 Å². The second-order valence-electron chi connectivity index (χ2n) is 15.3. The molecule has 4 nitrogen and oxygen atoms in total. The molecule has 9 aromatic carbocycles. The van der Waals surface area contributed by atoms with Gasteiger partial charge in [-0.3, -0.25) is 9.59 Å². The molecule has 0 aliphatic rings. The molecule has 0 saturated carbocycles. The maximum Gasteiger partial charge on any atom is 0.258 e. The van der Waals surface area contributed by atoms with Crippen molar-refractivity contribution in [1.82, 2.24) is 0 Å². The van der Waals surface area contributed by atoms with Crippen LogP contribution in [0.4, 0.5) is 11.4 Å². The highest BCUT2D eigenvalue weighted by atomic mass is 16.2. The first kappa shape index (κ1) is 39.4. The van der Waals surface area contributed by atoms with E-state index in [1.165, 1.54) is 0 Å². The van der Waals surface area contributed by atoms with Crippen LogP contribution >= 0.6 is 0 Å². The van der Waals surface area contributed by atoms with E-state index in [-0.39, 0.29) is 11.8 Å². The molecule has 4 heteroatoms. The van der Waals surface area contributed by atoms with Gasteiger partial charge in [-0.2, -0.15) is 0 Å². The molecule has 0 bridgehead atoms. The molecule has 0 fully saturated rings. The molecule has 0 radical (unpaired) electrons. The van der Waals surface area contributed by atoms with Crippen molar-refractivity contribution in [2.75, 3.05) is 23.9 Å². The monoisotopic (exact) mass is 800 g/mol. The predicted molar refractivity (Wildman–Crippen MR) is 257 cm³/mol. The van der Waals surface area contributed by atoms with Crippen LogP contribution in [0.5, 0.6) is 0 Å². The molecule has 9 aromatic rings. The van der Waals surface area contributed by atoms with Gasteiger partial charge in [-0.05, 0) is 115 Å². The molecule has 0 heterocycles. The third-order valence-electron chi connectivity index (χ3n) is 11.5. The van der Waals surface area contributed by atoms with Crippen LogP contribution in [0.3, 0.4) is 0 Å². The molecule has 0 atom stereocenters. The second kappa shape index (κ2) is 17.6. The first-order valence-electron chi connectivity index (χ1n) is 20.8. The first-order chi connectivity index (χ1) is 30.5. The number of amides is 2. The highest BCUT2D eigenvalue weighted by Crippen LogP contribution is 2.55. The van der Waals surface area contributed by atoms with Crippen LogP contribution in [0.2, 0.25) is 0 Å². The van der Waals surface area contributed by atoms with Crippen molar-refractivity contribution in [1.29, 1.82) is 0 Å². The number of carbonyl (C=O) groups is 2. The second-order valence-corrected chi connectivity index (χ2v) is 15.3. The minimum Gasteiger partial charge on any atom is -0.311 e. The van der Waals surface area contributed by atoms with Crippen LogP contribution in [-0.4, -0.2) is 25.9 Å². The Morgan fingerprint density at radius 1 is 0.258 bits per heavy atom. The lowest BCUT2D eigenvalue weighted by atomic mass is 9.74. The third-order valence-corrected chi connectivity index (χ3v) is 11.5. The maximum absolute atomic E-state index is 13.9. The van der Waals surface area contributed by atoms with Crippen molar-refractivity contribution in [2.24, 2.45) is 0 Å². The van der Waals surface area contributed by atoms with E-state index in [9.17, 15) is 9.59 Å². The largest absolute Gasteiger partial charge is 0.311 e. The van der Waals surface area contributed by atoms with E-state index in [1.807, 2.05) is 99.0 Å². The van der Waals surface area contributed by atoms with Crippen LogP contribution < -0.4 is 9.80 Å². The Morgan fingerprint density at radius 3 is 0.677 bits per heavy atom. The summed E-state index contributed by atoms with van der Waals surface area (Å²) in [5, 5.41) is 0. The van der Waals surface area contributed by atoms with Gasteiger partial charge >= 0.3 is 0 Å². The molecule has 0 spiro atoms. The summed E-state index contributed by atoms with van der Waals surface area (Å²) in [6, 6.07) is 77.9. The van der Waals surface area contributed by atoms with Gasteiger partial charge in [0.05, 0.1) is 0 Å². The summed E-state index contributed by atoms with van der Waals surface area (Å²) in [5.74, 6) is -0.173. The summed E-state index contributed by atoms with van der Waals surface area (Å²) in [5.41, 5.74) is 15.4. The highest BCUT2D eigenvalue weighted by Gasteiger charge is 2.29. The topological polar surface area (TPSA) is 40.6 Å². The summed E-state index contributed by atoms with van der Waals surface area (Å²) >= 11 is 0. The summed E-state index contributed by atoms with van der Waals surface area (Å²) in [6.45, 7) is 0. The van der Waals surface area contributed by atoms with Gasteiger partial charge in [0, 0.05) is 36.6 Å². The number of nitrogens with zero attached hydrogens (tertiary/aromatic N) is 2. The quantitative estimate of drug-likeness (QED) is 0.138. The van der Waals surface area contributed by atoms with Gasteiger partial charge in [-0.25, -0.2) is 0 Å². The maximum atomic E-state index is 13.9. The Labute approximate surface area is 363 Å². The number of benzene rings is 9. The summed E-state index contributed by atoms with van der Waals surface area (Å²) in [6.07, 6.45) is 0. The van der Waals surface area contributed by atoms with E-state index in [0.29, 0.717) is 11.1 Å². The van der Waals surface area contributed by atoms with Gasteiger partial charge in [0.1, 0.15) is 0 Å². The van der Waals surface area contributed by atoms with E-state index in [0.717, 1.165) is 78.1 Å². The number of rotatable bonds is 10. The van der Waals surface area contributed by atoms with Crippen molar-refractivity contribution in [2.45, 2.75) is 0 Å². The molecule has 0 saturated heterocycles. The van der Waals surface area contributed by atoms with Gasteiger partial charge in [0.2, 0.25) is 0 Å². The Kier molecular flexibility index (Phi) is 11.2. The number of hydrogen-bond acceptors (Lipinski definition) is 2. The lowest BCUT2D eigenvalue weighted by molar-refractivity contribution is 0.0985. The van der Waals surface area contributed by atoms with Gasteiger partial charge in [0.25, 0.3) is 11.8 Å². The molecule has 2 amide bonds. The molecule has 0 N–H and O–H groups in total. The Balaban J connectivity index is 1.36. The molecule has 62 heavy (non-hydrogen) atoms. The number of para-hydroxylation sites is 2. The van der Waals surface area contributed by atoms with E-state index in [2.05, 4.69) is 146 Å². The summed E-state index contributed by atoms with van der Waals surface area (Å²) in [7, 11) is 3.63. The van der Waals surface area contributed by atoms with Crippen molar-refractivity contribution < 1.29 is 9.59 Å². The molecular weight excluding hydrogens is 757 g/mol. The van der Waals surface area contributed by atoms with Gasteiger partial charge in [-0.1, -0.05) is 182 Å².